The van der Waals surface area contributed by atoms with Crippen molar-refractivity contribution in [3.8, 4) is 0 Å². The van der Waals surface area contributed by atoms with Crippen LogP contribution in [0.3, 0.4) is 0 Å². The zero-order valence-electron chi connectivity index (χ0n) is 13.2. The lowest BCUT2D eigenvalue weighted by atomic mass is 10.0. The standard InChI is InChI=1S/C19H25NO/c1-4-16-9-11-17(12-10-16)19(21)14-20(5-2)18-8-6-7-15(3)13-18/h6-13,19,21H,4-5,14H2,1-3H3. The van der Waals surface area contributed by atoms with Crippen molar-refractivity contribution in [1.82, 2.24) is 0 Å². The molecule has 2 aromatic rings. The molecule has 0 saturated carbocycles. The molecule has 1 atom stereocenters. The van der Waals surface area contributed by atoms with Gasteiger partial charge in [-0.2, -0.15) is 0 Å². The van der Waals surface area contributed by atoms with Gasteiger partial charge in [0.05, 0.1) is 6.10 Å². The number of nitrogens with zero attached hydrogens (tertiary/aromatic N) is 1. The first-order chi connectivity index (χ1) is 10.1. The lowest BCUT2D eigenvalue weighted by Crippen LogP contribution is -2.28. The van der Waals surface area contributed by atoms with Crippen molar-refractivity contribution >= 4 is 5.69 Å². The van der Waals surface area contributed by atoms with Gasteiger partial charge in [-0.3, -0.25) is 0 Å². The van der Waals surface area contributed by atoms with Crippen LogP contribution < -0.4 is 4.90 Å². The number of likely N-dealkylation sites (N-methyl/N-ethyl adjacent to an activating group) is 1. The Morgan fingerprint density at radius 2 is 1.76 bits per heavy atom. The Morgan fingerprint density at radius 1 is 1.05 bits per heavy atom. The molecule has 0 heterocycles. The number of rotatable bonds is 6. The summed E-state index contributed by atoms with van der Waals surface area (Å²) in [6.07, 6.45) is 0.567. The minimum atomic E-state index is -0.462. The molecule has 0 aliphatic rings. The van der Waals surface area contributed by atoms with E-state index in [2.05, 4.69) is 62.1 Å². The maximum atomic E-state index is 10.5. The van der Waals surface area contributed by atoms with E-state index in [1.807, 2.05) is 12.1 Å². The van der Waals surface area contributed by atoms with Gasteiger partial charge in [0.2, 0.25) is 0 Å². The van der Waals surface area contributed by atoms with E-state index in [9.17, 15) is 5.11 Å². The number of benzene rings is 2. The van der Waals surface area contributed by atoms with Gasteiger partial charge < -0.3 is 10.0 Å². The molecule has 0 aliphatic heterocycles. The molecular formula is C19H25NO. The zero-order chi connectivity index (χ0) is 15.2. The van der Waals surface area contributed by atoms with Crippen LogP contribution in [0.1, 0.15) is 36.6 Å². The highest BCUT2D eigenvalue weighted by atomic mass is 16.3. The van der Waals surface area contributed by atoms with Gasteiger partial charge in [0.25, 0.3) is 0 Å². The third kappa shape index (κ3) is 4.08. The zero-order valence-corrected chi connectivity index (χ0v) is 13.2. The van der Waals surface area contributed by atoms with Crippen molar-refractivity contribution in [2.45, 2.75) is 33.3 Å². The first-order valence-electron chi connectivity index (χ1n) is 7.72. The predicted molar refractivity (Wildman–Crippen MR) is 89.8 cm³/mol. The number of hydrogen-bond donors (Lipinski definition) is 1. The van der Waals surface area contributed by atoms with Crippen LogP contribution in [0.5, 0.6) is 0 Å². The highest BCUT2D eigenvalue weighted by Crippen LogP contribution is 2.21. The van der Waals surface area contributed by atoms with Crippen LogP contribution in [0.15, 0.2) is 48.5 Å². The summed E-state index contributed by atoms with van der Waals surface area (Å²) >= 11 is 0. The summed E-state index contributed by atoms with van der Waals surface area (Å²) in [5.74, 6) is 0. The molecule has 0 saturated heterocycles. The fraction of sp³-hybridized carbons (Fsp3) is 0.368. The van der Waals surface area contributed by atoms with Crippen molar-refractivity contribution in [3.63, 3.8) is 0 Å². The normalized spacial score (nSPS) is 12.2. The minimum Gasteiger partial charge on any atom is -0.387 e. The highest BCUT2D eigenvalue weighted by molar-refractivity contribution is 5.48. The fourth-order valence-corrected chi connectivity index (χ4v) is 2.53. The molecule has 21 heavy (non-hydrogen) atoms. The van der Waals surface area contributed by atoms with E-state index in [4.69, 9.17) is 0 Å². The smallest absolute Gasteiger partial charge is 0.0964 e. The van der Waals surface area contributed by atoms with Crippen molar-refractivity contribution < 1.29 is 5.11 Å². The maximum absolute atomic E-state index is 10.5. The van der Waals surface area contributed by atoms with Crippen molar-refractivity contribution in [2.24, 2.45) is 0 Å². The van der Waals surface area contributed by atoms with E-state index >= 15 is 0 Å². The first kappa shape index (κ1) is 15.6. The van der Waals surface area contributed by atoms with Gasteiger partial charge in [-0.05, 0) is 49.1 Å². The molecule has 1 N–H and O–H groups in total. The Balaban J connectivity index is 2.10. The second-order valence-corrected chi connectivity index (χ2v) is 5.49. The van der Waals surface area contributed by atoms with E-state index in [1.54, 1.807) is 0 Å². The van der Waals surface area contributed by atoms with E-state index < -0.39 is 6.10 Å². The minimum absolute atomic E-state index is 0.462. The molecule has 0 fully saturated rings. The van der Waals surface area contributed by atoms with Crippen molar-refractivity contribution in [2.75, 3.05) is 18.0 Å². The molecule has 0 aromatic heterocycles. The monoisotopic (exact) mass is 283 g/mol. The van der Waals surface area contributed by atoms with Gasteiger partial charge in [0, 0.05) is 18.8 Å². The second kappa shape index (κ2) is 7.28. The molecule has 1 unspecified atom stereocenters. The Kier molecular flexibility index (Phi) is 5.40. The Labute approximate surface area is 128 Å². The lowest BCUT2D eigenvalue weighted by molar-refractivity contribution is 0.183. The van der Waals surface area contributed by atoms with Crippen LogP contribution in [0.25, 0.3) is 0 Å². The largest absolute Gasteiger partial charge is 0.387 e. The van der Waals surface area contributed by atoms with Gasteiger partial charge in [-0.25, -0.2) is 0 Å². The molecular weight excluding hydrogens is 258 g/mol. The van der Waals surface area contributed by atoms with Crippen LogP contribution >= 0.6 is 0 Å². The summed E-state index contributed by atoms with van der Waals surface area (Å²) in [4.78, 5) is 2.21. The van der Waals surface area contributed by atoms with Gasteiger partial charge in [0.1, 0.15) is 0 Å². The summed E-state index contributed by atoms with van der Waals surface area (Å²) in [5, 5.41) is 10.5. The molecule has 0 spiro atoms. The molecule has 2 nitrogen and oxygen atoms in total. The summed E-state index contributed by atoms with van der Waals surface area (Å²) < 4.78 is 0. The van der Waals surface area contributed by atoms with E-state index in [-0.39, 0.29) is 0 Å². The highest BCUT2D eigenvalue weighted by Gasteiger charge is 2.13. The summed E-state index contributed by atoms with van der Waals surface area (Å²) in [6.45, 7) is 7.85. The maximum Gasteiger partial charge on any atom is 0.0964 e. The molecule has 2 aromatic carbocycles. The van der Waals surface area contributed by atoms with Gasteiger partial charge in [-0.1, -0.05) is 43.3 Å². The van der Waals surface area contributed by atoms with Crippen molar-refractivity contribution in [3.05, 3.63) is 65.2 Å². The van der Waals surface area contributed by atoms with Crippen LogP contribution in [0.2, 0.25) is 0 Å². The Bertz CT molecular complexity index is 562. The summed E-state index contributed by atoms with van der Waals surface area (Å²) in [6, 6.07) is 16.7. The molecule has 0 radical (unpaired) electrons. The van der Waals surface area contributed by atoms with Crippen LogP contribution in [-0.4, -0.2) is 18.2 Å². The average molecular weight is 283 g/mol. The average Bonchev–Trinajstić information content (AvgIpc) is 2.52. The van der Waals surface area contributed by atoms with Crippen molar-refractivity contribution in [1.29, 1.82) is 0 Å². The molecule has 112 valence electrons. The van der Waals surface area contributed by atoms with Gasteiger partial charge in [0.15, 0.2) is 0 Å². The summed E-state index contributed by atoms with van der Waals surface area (Å²) in [5.41, 5.74) is 4.70. The number of aliphatic hydroxyl groups is 1. The van der Waals surface area contributed by atoms with Gasteiger partial charge >= 0.3 is 0 Å². The molecule has 0 aliphatic carbocycles. The van der Waals surface area contributed by atoms with Crippen LogP contribution in [-0.2, 0) is 6.42 Å². The second-order valence-electron chi connectivity index (χ2n) is 5.49. The fourth-order valence-electron chi connectivity index (χ4n) is 2.53. The number of aryl methyl sites for hydroxylation is 2. The van der Waals surface area contributed by atoms with E-state index in [0.717, 1.165) is 18.5 Å². The third-order valence-electron chi connectivity index (χ3n) is 3.91. The van der Waals surface area contributed by atoms with Crippen LogP contribution in [0.4, 0.5) is 5.69 Å². The first-order valence-corrected chi connectivity index (χ1v) is 7.72. The molecule has 2 rings (SSSR count). The number of aliphatic hydroxyl groups excluding tert-OH is 1. The lowest BCUT2D eigenvalue weighted by Gasteiger charge is -2.26. The number of hydrogen-bond acceptors (Lipinski definition) is 2. The number of anilines is 1. The van der Waals surface area contributed by atoms with E-state index in [1.165, 1.54) is 16.8 Å². The van der Waals surface area contributed by atoms with E-state index in [0.29, 0.717) is 6.54 Å². The van der Waals surface area contributed by atoms with Crippen LogP contribution in [0, 0.1) is 6.92 Å². The quantitative estimate of drug-likeness (QED) is 0.862. The topological polar surface area (TPSA) is 23.5 Å². The Hall–Kier alpha value is -1.80. The summed E-state index contributed by atoms with van der Waals surface area (Å²) in [7, 11) is 0. The molecule has 2 heteroatoms. The SMILES string of the molecule is CCc1ccc(C(O)CN(CC)c2cccc(C)c2)cc1. The third-order valence-corrected chi connectivity index (χ3v) is 3.91. The predicted octanol–water partition coefficient (Wildman–Crippen LogP) is 4.12. The molecule has 0 amide bonds. The molecule has 0 bridgehead atoms. The van der Waals surface area contributed by atoms with Gasteiger partial charge in [-0.15, -0.1) is 0 Å². The Morgan fingerprint density at radius 3 is 2.33 bits per heavy atom.